The van der Waals surface area contributed by atoms with Crippen LogP contribution in [0.5, 0.6) is 0 Å². The van der Waals surface area contributed by atoms with Gasteiger partial charge < -0.3 is 0 Å². The molecule has 2 heteroatoms. The SMILES string of the molecule is CC(C)c1c(F)cccc1CN1CCC1. The van der Waals surface area contributed by atoms with E-state index in [1.807, 2.05) is 6.07 Å². The van der Waals surface area contributed by atoms with E-state index in [0.717, 1.165) is 30.8 Å². The van der Waals surface area contributed by atoms with E-state index in [9.17, 15) is 4.39 Å². The minimum atomic E-state index is -0.0528. The van der Waals surface area contributed by atoms with Crippen molar-refractivity contribution < 1.29 is 4.39 Å². The largest absolute Gasteiger partial charge is 0.299 e. The third-order valence-corrected chi connectivity index (χ3v) is 3.06. The van der Waals surface area contributed by atoms with Crippen molar-refractivity contribution in [1.82, 2.24) is 4.90 Å². The third kappa shape index (κ3) is 2.20. The van der Waals surface area contributed by atoms with Gasteiger partial charge in [0.25, 0.3) is 0 Å². The summed E-state index contributed by atoms with van der Waals surface area (Å²) in [6.07, 6.45) is 1.28. The number of likely N-dealkylation sites (tertiary alicyclic amines) is 1. The Morgan fingerprint density at radius 2 is 2.07 bits per heavy atom. The number of benzene rings is 1. The molecule has 2 rings (SSSR count). The molecule has 1 saturated heterocycles. The van der Waals surface area contributed by atoms with Crippen LogP contribution < -0.4 is 0 Å². The molecule has 0 N–H and O–H groups in total. The lowest BCUT2D eigenvalue weighted by Gasteiger charge is -2.31. The number of hydrogen-bond donors (Lipinski definition) is 0. The van der Waals surface area contributed by atoms with Gasteiger partial charge in [-0.3, -0.25) is 4.90 Å². The summed E-state index contributed by atoms with van der Waals surface area (Å²) in [4.78, 5) is 2.36. The summed E-state index contributed by atoms with van der Waals surface area (Å²) in [5.41, 5.74) is 2.05. The van der Waals surface area contributed by atoms with Crippen LogP contribution in [0.1, 0.15) is 37.3 Å². The quantitative estimate of drug-likeness (QED) is 0.736. The monoisotopic (exact) mass is 207 g/mol. The first-order valence-electron chi connectivity index (χ1n) is 5.68. The van der Waals surface area contributed by atoms with Gasteiger partial charge in [0.1, 0.15) is 5.82 Å². The van der Waals surface area contributed by atoms with Crippen LogP contribution in [0.15, 0.2) is 18.2 Å². The minimum absolute atomic E-state index is 0.0528. The zero-order valence-corrected chi connectivity index (χ0v) is 9.46. The van der Waals surface area contributed by atoms with Crippen molar-refractivity contribution >= 4 is 0 Å². The fourth-order valence-electron chi connectivity index (χ4n) is 2.15. The number of hydrogen-bond acceptors (Lipinski definition) is 1. The molecule has 15 heavy (non-hydrogen) atoms. The van der Waals surface area contributed by atoms with Crippen LogP contribution in [0.2, 0.25) is 0 Å². The molecular weight excluding hydrogens is 189 g/mol. The summed E-state index contributed by atoms with van der Waals surface area (Å²) in [7, 11) is 0. The van der Waals surface area contributed by atoms with Gasteiger partial charge in [0.2, 0.25) is 0 Å². The molecule has 0 atom stereocenters. The lowest BCUT2D eigenvalue weighted by molar-refractivity contribution is 0.171. The average Bonchev–Trinajstić information content (AvgIpc) is 2.10. The van der Waals surface area contributed by atoms with Crippen LogP contribution in [-0.2, 0) is 6.54 Å². The second-order valence-electron chi connectivity index (χ2n) is 4.60. The number of rotatable bonds is 3. The normalized spacial score (nSPS) is 16.8. The Labute approximate surface area is 90.9 Å². The van der Waals surface area contributed by atoms with Gasteiger partial charge in [-0.25, -0.2) is 4.39 Å². The van der Waals surface area contributed by atoms with Crippen molar-refractivity contribution in [3.63, 3.8) is 0 Å². The summed E-state index contributed by atoms with van der Waals surface area (Å²) >= 11 is 0. The van der Waals surface area contributed by atoms with E-state index in [1.54, 1.807) is 6.07 Å². The number of halogens is 1. The van der Waals surface area contributed by atoms with Gasteiger partial charge in [-0.1, -0.05) is 26.0 Å². The zero-order chi connectivity index (χ0) is 10.8. The third-order valence-electron chi connectivity index (χ3n) is 3.06. The Hall–Kier alpha value is -0.890. The molecule has 1 aromatic rings. The van der Waals surface area contributed by atoms with E-state index >= 15 is 0 Å². The Balaban J connectivity index is 2.23. The van der Waals surface area contributed by atoms with Gasteiger partial charge in [0.15, 0.2) is 0 Å². The van der Waals surface area contributed by atoms with Crippen LogP contribution >= 0.6 is 0 Å². The van der Waals surface area contributed by atoms with Crippen molar-refractivity contribution in [3.8, 4) is 0 Å². The molecule has 1 heterocycles. The van der Waals surface area contributed by atoms with Gasteiger partial charge >= 0.3 is 0 Å². The Morgan fingerprint density at radius 3 is 2.60 bits per heavy atom. The predicted octanol–water partition coefficient (Wildman–Crippen LogP) is 3.15. The molecule has 0 aliphatic carbocycles. The highest BCUT2D eigenvalue weighted by Gasteiger charge is 2.18. The predicted molar refractivity (Wildman–Crippen MR) is 60.4 cm³/mol. The molecule has 1 nitrogen and oxygen atoms in total. The topological polar surface area (TPSA) is 3.24 Å². The molecule has 0 saturated carbocycles. The Kier molecular flexibility index (Phi) is 3.06. The van der Waals surface area contributed by atoms with E-state index in [2.05, 4.69) is 24.8 Å². The van der Waals surface area contributed by atoms with Crippen LogP contribution in [0.25, 0.3) is 0 Å². The molecule has 1 aromatic carbocycles. The molecular formula is C13H18FN. The van der Waals surface area contributed by atoms with Gasteiger partial charge in [0.05, 0.1) is 0 Å². The van der Waals surface area contributed by atoms with Crippen LogP contribution in [-0.4, -0.2) is 18.0 Å². The second-order valence-corrected chi connectivity index (χ2v) is 4.60. The van der Waals surface area contributed by atoms with Crippen molar-refractivity contribution in [2.75, 3.05) is 13.1 Å². The molecule has 0 bridgehead atoms. The fraction of sp³-hybridized carbons (Fsp3) is 0.538. The van der Waals surface area contributed by atoms with E-state index in [1.165, 1.54) is 6.42 Å². The molecule has 0 amide bonds. The van der Waals surface area contributed by atoms with Crippen molar-refractivity contribution in [3.05, 3.63) is 35.1 Å². The molecule has 1 aliphatic rings. The Bertz CT molecular complexity index is 342. The summed E-state index contributed by atoms with van der Waals surface area (Å²) in [6.45, 7) is 7.34. The first-order valence-corrected chi connectivity index (χ1v) is 5.68. The smallest absolute Gasteiger partial charge is 0.126 e. The minimum Gasteiger partial charge on any atom is -0.299 e. The molecule has 1 fully saturated rings. The van der Waals surface area contributed by atoms with E-state index in [-0.39, 0.29) is 11.7 Å². The molecule has 0 unspecified atom stereocenters. The summed E-state index contributed by atoms with van der Waals surface area (Å²) in [6, 6.07) is 5.43. The maximum atomic E-state index is 13.7. The lowest BCUT2D eigenvalue weighted by Crippen LogP contribution is -2.36. The van der Waals surface area contributed by atoms with E-state index in [0.29, 0.717) is 0 Å². The highest BCUT2D eigenvalue weighted by molar-refractivity contribution is 5.31. The average molecular weight is 207 g/mol. The van der Waals surface area contributed by atoms with Crippen molar-refractivity contribution in [1.29, 1.82) is 0 Å². The maximum absolute atomic E-state index is 13.7. The molecule has 1 aliphatic heterocycles. The lowest BCUT2D eigenvalue weighted by atomic mass is 9.95. The van der Waals surface area contributed by atoms with Crippen molar-refractivity contribution in [2.24, 2.45) is 0 Å². The van der Waals surface area contributed by atoms with Crippen LogP contribution in [0.4, 0.5) is 4.39 Å². The summed E-state index contributed by atoms with van der Waals surface area (Å²) in [5, 5.41) is 0. The summed E-state index contributed by atoms with van der Waals surface area (Å²) < 4.78 is 13.7. The summed E-state index contributed by atoms with van der Waals surface area (Å²) in [5.74, 6) is 0.213. The standard InChI is InChI=1S/C13H18FN/c1-10(2)13-11(5-3-6-12(13)14)9-15-7-4-8-15/h3,5-6,10H,4,7-9H2,1-2H3. The molecule has 0 aromatic heterocycles. The van der Waals surface area contributed by atoms with E-state index < -0.39 is 0 Å². The highest BCUT2D eigenvalue weighted by Crippen LogP contribution is 2.25. The van der Waals surface area contributed by atoms with Gasteiger partial charge in [-0.2, -0.15) is 0 Å². The van der Waals surface area contributed by atoms with Crippen LogP contribution in [0.3, 0.4) is 0 Å². The van der Waals surface area contributed by atoms with Crippen LogP contribution in [0, 0.1) is 5.82 Å². The van der Waals surface area contributed by atoms with Gasteiger partial charge in [-0.15, -0.1) is 0 Å². The second kappa shape index (κ2) is 4.31. The fourth-order valence-corrected chi connectivity index (χ4v) is 2.15. The molecule has 0 radical (unpaired) electrons. The van der Waals surface area contributed by atoms with Crippen molar-refractivity contribution in [2.45, 2.75) is 32.7 Å². The molecule has 82 valence electrons. The van der Waals surface area contributed by atoms with E-state index in [4.69, 9.17) is 0 Å². The first-order chi connectivity index (χ1) is 7.18. The molecule has 0 spiro atoms. The van der Waals surface area contributed by atoms with Gasteiger partial charge in [0, 0.05) is 6.54 Å². The maximum Gasteiger partial charge on any atom is 0.126 e. The zero-order valence-electron chi connectivity index (χ0n) is 9.46. The first kappa shape index (κ1) is 10.6. The Morgan fingerprint density at radius 1 is 1.33 bits per heavy atom. The highest BCUT2D eigenvalue weighted by atomic mass is 19.1. The number of nitrogens with zero attached hydrogens (tertiary/aromatic N) is 1. The van der Waals surface area contributed by atoms with Gasteiger partial charge in [-0.05, 0) is 42.6 Å².